The molecular weight excluding hydrogens is 132 g/mol. The molecule has 0 saturated carbocycles. The van der Waals surface area contributed by atoms with Crippen LogP contribution in [0.25, 0.3) is 0 Å². The van der Waals surface area contributed by atoms with Crippen LogP contribution in [0.5, 0.6) is 0 Å². The molecule has 0 aliphatic heterocycles. The van der Waals surface area contributed by atoms with Gasteiger partial charge in [0.2, 0.25) is 5.76 Å². The monoisotopic (exact) mass is 138 g/mol. The van der Waals surface area contributed by atoms with E-state index in [0.29, 0.717) is 0 Å². The van der Waals surface area contributed by atoms with Crippen molar-refractivity contribution in [3.05, 3.63) is 24.2 Å². The summed E-state index contributed by atoms with van der Waals surface area (Å²) in [5, 5.41) is 8.18. The first-order valence-corrected chi connectivity index (χ1v) is 2.07. The lowest BCUT2D eigenvalue weighted by Gasteiger charge is -1.79. The van der Waals surface area contributed by atoms with Crippen molar-refractivity contribution in [2.45, 2.75) is 0 Å². The fourth-order valence-electron chi connectivity index (χ4n) is 0.400. The number of hydrogen-bond acceptors (Lipinski definition) is 2. The van der Waals surface area contributed by atoms with Gasteiger partial charge in [0.05, 0.1) is 6.26 Å². The summed E-state index contributed by atoms with van der Waals surface area (Å²) in [6.45, 7) is 0. The molecule has 0 unspecified atom stereocenters. The Morgan fingerprint density at radius 2 is 2.33 bits per heavy atom. The first-order valence-electron chi connectivity index (χ1n) is 2.07. The van der Waals surface area contributed by atoms with E-state index in [2.05, 4.69) is 4.42 Å². The van der Waals surface area contributed by atoms with Crippen molar-refractivity contribution in [1.29, 1.82) is 0 Å². The standard InChI is InChI=1S/C5H4O3.Mg.2H/c6-5(7)4-2-1-3-8-4;;;/h1-3H,(H,6,7);;;. The Labute approximate surface area is 67.8 Å². The maximum absolute atomic E-state index is 9.97. The maximum atomic E-state index is 9.97. The summed E-state index contributed by atoms with van der Waals surface area (Å²) < 4.78 is 4.50. The van der Waals surface area contributed by atoms with E-state index in [0.717, 1.165) is 0 Å². The number of furan rings is 1. The molecule has 1 aromatic rings. The van der Waals surface area contributed by atoms with Gasteiger partial charge in [-0.2, -0.15) is 0 Å². The van der Waals surface area contributed by atoms with Gasteiger partial charge in [0, 0.05) is 0 Å². The van der Waals surface area contributed by atoms with Gasteiger partial charge in [-0.3, -0.25) is 0 Å². The highest BCUT2D eigenvalue weighted by Gasteiger charge is 2.01. The predicted molar refractivity (Wildman–Crippen MR) is 34.2 cm³/mol. The van der Waals surface area contributed by atoms with Crippen LogP contribution in [-0.2, 0) is 0 Å². The highest BCUT2D eigenvalue weighted by atomic mass is 24.3. The molecule has 0 bridgehead atoms. The first-order chi connectivity index (χ1) is 3.80. The van der Waals surface area contributed by atoms with Crippen molar-refractivity contribution in [3.8, 4) is 0 Å². The average Bonchev–Trinajstić information content (AvgIpc) is 2.12. The zero-order valence-electron chi connectivity index (χ0n) is 4.00. The Kier molecular flexibility index (Phi) is 3.33. The second-order valence-electron chi connectivity index (χ2n) is 1.28. The van der Waals surface area contributed by atoms with Gasteiger partial charge in [-0.15, -0.1) is 0 Å². The average molecular weight is 138 g/mol. The molecule has 1 N–H and O–H groups in total. The number of hydrogen-bond donors (Lipinski definition) is 1. The van der Waals surface area contributed by atoms with Crippen LogP contribution in [0.1, 0.15) is 10.6 Å². The number of carbonyl (C=O) groups is 1. The molecule has 1 heterocycles. The molecule has 0 aromatic carbocycles. The summed E-state index contributed by atoms with van der Waals surface area (Å²) in [5.41, 5.74) is 0. The van der Waals surface area contributed by atoms with Gasteiger partial charge in [0.15, 0.2) is 0 Å². The highest BCUT2D eigenvalue weighted by molar-refractivity contribution is 5.84. The smallest absolute Gasteiger partial charge is 0.371 e. The Hall–Kier alpha value is -0.484. The maximum Gasteiger partial charge on any atom is 0.371 e. The van der Waals surface area contributed by atoms with Crippen molar-refractivity contribution in [2.24, 2.45) is 0 Å². The fourth-order valence-corrected chi connectivity index (χ4v) is 0.400. The van der Waals surface area contributed by atoms with Crippen LogP contribution < -0.4 is 0 Å². The van der Waals surface area contributed by atoms with E-state index in [-0.39, 0.29) is 28.8 Å². The summed E-state index contributed by atoms with van der Waals surface area (Å²) >= 11 is 0. The van der Waals surface area contributed by atoms with Crippen LogP contribution in [0.15, 0.2) is 22.8 Å². The lowest BCUT2D eigenvalue weighted by molar-refractivity contribution is 0.0662. The molecule has 0 radical (unpaired) electrons. The highest BCUT2D eigenvalue weighted by Crippen LogP contribution is 1.97. The zero-order valence-corrected chi connectivity index (χ0v) is 4.00. The summed E-state index contributed by atoms with van der Waals surface area (Å²) in [7, 11) is 0. The van der Waals surface area contributed by atoms with E-state index in [1.165, 1.54) is 18.4 Å². The molecule has 9 heavy (non-hydrogen) atoms. The first kappa shape index (κ1) is 8.52. The molecule has 0 spiro atoms. The van der Waals surface area contributed by atoms with E-state index in [4.69, 9.17) is 5.11 Å². The van der Waals surface area contributed by atoms with Crippen LogP contribution >= 0.6 is 0 Å². The predicted octanol–water partition coefficient (Wildman–Crippen LogP) is 0.0616. The van der Waals surface area contributed by atoms with Gasteiger partial charge in [-0.25, -0.2) is 4.79 Å². The second-order valence-corrected chi connectivity index (χ2v) is 1.28. The Morgan fingerprint density at radius 1 is 1.67 bits per heavy atom. The van der Waals surface area contributed by atoms with Crippen molar-refractivity contribution < 1.29 is 14.3 Å². The van der Waals surface area contributed by atoms with E-state index in [1.54, 1.807) is 0 Å². The molecule has 0 saturated heterocycles. The molecule has 0 amide bonds. The third-order valence-corrected chi connectivity index (χ3v) is 0.732. The molecule has 1 rings (SSSR count). The summed E-state index contributed by atoms with van der Waals surface area (Å²) in [6, 6.07) is 2.92. The Balaban J connectivity index is 0.000000640. The minimum Gasteiger partial charge on any atom is -0.475 e. The third-order valence-electron chi connectivity index (χ3n) is 0.732. The number of carboxylic acids is 1. The lowest BCUT2D eigenvalue weighted by atomic mass is 10.5. The van der Waals surface area contributed by atoms with Gasteiger partial charge < -0.3 is 9.52 Å². The van der Waals surface area contributed by atoms with E-state index in [1.807, 2.05) is 0 Å². The second kappa shape index (κ2) is 3.52. The minimum atomic E-state index is -1.03. The Bertz CT molecular complexity index is 180. The molecule has 0 atom stereocenters. The van der Waals surface area contributed by atoms with Crippen molar-refractivity contribution in [2.75, 3.05) is 0 Å². The Morgan fingerprint density at radius 3 is 2.56 bits per heavy atom. The number of rotatable bonds is 1. The number of carboxylic acid groups (broad SMARTS) is 1. The molecule has 3 nitrogen and oxygen atoms in total. The van der Waals surface area contributed by atoms with Crippen LogP contribution in [-0.4, -0.2) is 34.1 Å². The largest absolute Gasteiger partial charge is 0.475 e. The summed E-state index contributed by atoms with van der Waals surface area (Å²) in [5.74, 6) is -1.06. The molecule has 1 aromatic heterocycles. The van der Waals surface area contributed by atoms with E-state index >= 15 is 0 Å². The molecule has 0 aliphatic carbocycles. The summed E-state index contributed by atoms with van der Waals surface area (Å²) in [4.78, 5) is 9.97. The quantitative estimate of drug-likeness (QED) is 0.559. The van der Waals surface area contributed by atoms with E-state index < -0.39 is 5.97 Å². The van der Waals surface area contributed by atoms with Crippen molar-refractivity contribution in [1.82, 2.24) is 0 Å². The minimum absolute atomic E-state index is 0. The molecule has 0 aliphatic rings. The van der Waals surface area contributed by atoms with Crippen LogP contribution in [0, 0.1) is 0 Å². The van der Waals surface area contributed by atoms with Gasteiger partial charge in [0.25, 0.3) is 0 Å². The van der Waals surface area contributed by atoms with Gasteiger partial charge in [0.1, 0.15) is 0 Å². The van der Waals surface area contributed by atoms with Crippen molar-refractivity contribution >= 4 is 29.0 Å². The normalized spacial score (nSPS) is 8.00. The third kappa shape index (κ3) is 2.07. The van der Waals surface area contributed by atoms with E-state index in [9.17, 15) is 4.79 Å². The zero-order chi connectivity index (χ0) is 5.98. The number of aromatic carboxylic acids is 1. The molecule has 0 fully saturated rings. The SMILES string of the molecule is O=C(O)c1ccco1.[MgH2]. The van der Waals surface area contributed by atoms with Gasteiger partial charge in [-0.1, -0.05) is 0 Å². The van der Waals surface area contributed by atoms with Crippen molar-refractivity contribution in [3.63, 3.8) is 0 Å². The van der Waals surface area contributed by atoms with Gasteiger partial charge in [-0.05, 0) is 12.1 Å². The van der Waals surface area contributed by atoms with Crippen LogP contribution in [0.2, 0.25) is 0 Å². The molecular formula is C5H6MgO3. The topological polar surface area (TPSA) is 50.4 Å². The van der Waals surface area contributed by atoms with Crippen LogP contribution in [0.3, 0.4) is 0 Å². The lowest BCUT2D eigenvalue weighted by Crippen LogP contribution is -1.90. The van der Waals surface area contributed by atoms with Gasteiger partial charge >= 0.3 is 29.0 Å². The molecule has 46 valence electrons. The molecule has 4 heteroatoms. The van der Waals surface area contributed by atoms with Crippen LogP contribution in [0.4, 0.5) is 0 Å². The summed E-state index contributed by atoms with van der Waals surface area (Å²) in [6.07, 6.45) is 1.32. The fraction of sp³-hybridized carbons (Fsp3) is 0.